The van der Waals surface area contributed by atoms with E-state index < -0.39 is 29.4 Å². The molecule has 0 radical (unpaired) electrons. The number of hydrogen-bond acceptors (Lipinski definition) is 6. The minimum absolute atomic E-state index is 0.0541. The van der Waals surface area contributed by atoms with Crippen LogP contribution in [0, 0.1) is 11.7 Å². The number of aliphatic carboxylic acids is 1. The van der Waals surface area contributed by atoms with Crippen LogP contribution in [0.3, 0.4) is 0 Å². The lowest BCUT2D eigenvalue weighted by atomic mass is 9.93. The monoisotopic (exact) mass is 491 g/mol. The van der Waals surface area contributed by atoms with E-state index >= 15 is 0 Å². The van der Waals surface area contributed by atoms with Crippen molar-refractivity contribution in [1.82, 2.24) is 15.0 Å². The van der Waals surface area contributed by atoms with Gasteiger partial charge in [0.25, 0.3) is 5.56 Å². The molecule has 1 aromatic heterocycles. The summed E-state index contributed by atoms with van der Waals surface area (Å²) >= 11 is 0. The van der Waals surface area contributed by atoms with Crippen LogP contribution in [0.4, 0.5) is 4.39 Å². The maximum absolute atomic E-state index is 14.1. The fraction of sp³-hybridized carbons (Fsp3) is 0.259. The molecule has 186 valence electrons. The van der Waals surface area contributed by atoms with E-state index in [1.807, 2.05) is 48.5 Å². The molecule has 0 saturated carbocycles. The van der Waals surface area contributed by atoms with Gasteiger partial charge in [0.2, 0.25) is 0 Å². The molecule has 2 N–H and O–H groups in total. The number of aromatic nitrogens is 3. The van der Waals surface area contributed by atoms with Crippen LogP contribution in [-0.2, 0) is 17.8 Å². The van der Waals surface area contributed by atoms with Gasteiger partial charge in [-0.3, -0.25) is 9.59 Å². The molecule has 1 heterocycles. The Balaban J connectivity index is 1.38. The Kier molecular flexibility index (Phi) is 7.70. The Morgan fingerprint density at radius 3 is 2.33 bits per heavy atom. The van der Waals surface area contributed by atoms with Crippen molar-refractivity contribution in [3.8, 4) is 16.9 Å². The maximum atomic E-state index is 14.1. The van der Waals surface area contributed by atoms with Gasteiger partial charge >= 0.3 is 5.97 Å². The Bertz CT molecular complexity index is 1400. The molecule has 2 atom stereocenters. The average molecular weight is 492 g/mol. The number of hydrogen-bond donors (Lipinski definition) is 2. The summed E-state index contributed by atoms with van der Waals surface area (Å²) in [6.45, 7) is -0.110. The lowest BCUT2D eigenvalue weighted by Gasteiger charge is -2.19. The predicted molar refractivity (Wildman–Crippen MR) is 132 cm³/mol. The quantitative estimate of drug-likeness (QED) is 0.348. The number of methoxy groups -OCH3 is 1. The molecule has 8 nitrogen and oxygen atoms in total. The molecule has 0 amide bonds. The van der Waals surface area contributed by atoms with Gasteiger partial charge < -0.3 is 14.9 Å². The number of carboxylic acids is 1. The lowest BCUT2D eigenvalue weighted by molar-refractivity contribution is -0.146. The highest BCUT2D eigenvalue weighted by atomic mass is 19.1. The summed E-state index contributed by atoms with van der Waals surface area (Å²) in [6.07, 6.45) is -0.480. The second kappa shape index (κ2) is 11.1. The van der Waals surface area contributed by atoms with Crippen molar-refractivity contribution in [1.29, 1.82) is 0 Å². The van der Waals surface area contributed by atoms with Gasteiger partial charge in [-0.1, -0.05) is 47.7 Å². The van der Waals surface area contributed by atoms with E-state index in [0.29, 0.717) is 6.42 Å². The minimum atomic E-state index is -1.18. The van der Waals surface area contributed by atoms with Crippen molar-refractivity contribution in [2.45, 2.75) is 31.9 Å². The normalized spacial score (nSPS) is 12.9. The van der Waals surface area contributed by atoms with Crippen molar-refractivity contribution in [2.75, 3.05) is 7.11 Å². The summed E-state index contributed by atoms with van der Waals surface area (Å²) in [4.78, 5) is 24.4. The average Bonchev–Trinajstić information content (AvgIpc) is 2.89. The number of fused-ring (bicyclic) bond motifs is 1. The Hall–Kier alpha value is -4.11. The van der Waals surface area contributed by atoms with E-state index in [2.05, 4.69) is 10.3 Å². The molecule has 2 unspecified atom stereocenters. The van der Waals surface area contributed by atoms with Crippen LogP contribution < -0.4 is 10.3 Å². The van der Waals surface area contributed by atoms with Crippen LogP contribution >= 0.6 is 0 Å². The molecule has 9 heteroatoms. The van der Waals surface area contributed by atoms with Crippen LogP contribution in [-0.4, -0.2) is 44.4 Å². The van der Waals surface area contributed by atoms with Gasteiger partial charge in [-0.2, -0.15) is 0 Å². The van der Waals surface area contributed by atoms with Crippen LogP contribution in [0.1, 0.15) is 18.4 Å². The lowest BCUT2D eigenvalue weighted by Crippen LogP contribution is -2.32. The highest BCUT2D eigenvalue weighted by molar-refractivity contribution is 5.77. The van der Waals surface area contributed by atoms with Crippen LogP contribution in [0.25, 0.3) is 22.0 Å². The number of aliphatic hydroxyl groups is 1. The van der Waals surface area contributed by atoms with E-state index in [0.717, 1.165) is 33.2 Å². The molecule has 0 aliphatic heterocycles. The smallest absolute Gasteiger partial charge is 0.309 e. The topological polar surface area (TPSA) is 115 Å². The van der Waals surface area contributed by atoms with Gasteiger partial charge in [-0.05, 0) is 60.2 Å². The van der Waals surface area contributed by atoms with Gasteiger partial charge in [0.1, 0.15) is 22.5 Å². The number of carboxylic acid groups (broad SMARTS) is 1. The molecule has 4 aromatic rings. The second-order valence-electron chi connectivity index (χ2n) is 8.52. The summed E-state index contributed by atoms with van der Waals surface area (Å²) in [5.74, 6) is -2.23. The minimum Gasteiger partial charge on any atom is -0.497 e. The van der Waals surface area contributed by atoms with E-state index in [4.69, 9.17) is 4.74 Å². The number of halogens is 1. The van der Waals surface area contributed by atoms with E-state index in [1.165, 1.54) is 12.1 Å². The van der Waals surface area contributed by atoms with Crippen molar-refractivity contribution in [2.24, 2.45) is 5.92 Å². The van der Waals surface area contributed by atoms with Gasteiger partial charge in [0.15, 0.2) is 0 Å². The first-order valence-electron chi connectivity index (χ1n) is 11.5. The zero-order valence-corrected chi connectivity index (χ0v) is 19.7. The molecular weight excluding hydrogens is 465 g/mol. The number of rotatable bonds is 10. The first-order chi connectivity index (χ1) is 17.4. The number of aliphatic hydroxyl groups excluding tert-OH is 1. The molecular formula is C27H26FN3O5. The van der Waals surface area contributed by atoms with E-state index in [1.54, 1.807) is 7.11 Å². The summed E-state index contributed by atoms with van der Waals surface area (Å²) in [6, 6.07) is 19.6. The molecule has 0 bridgehead atoms. The number of aryl methyl sites for hydroxylation is 2. The summed E-state index contributed by atoms with van der Waals surface area (Å²) < 4.78 is 20.2. The van der Waals surface area contributed by atoms with Crippen LogP contribution in [0.2, 0.25) is 0 Å². The molecule has 0 aliphatic carbocycles. The number of carbonyl (C=O) groups is 1. The largest absolute Gasteiger partial charge is 0.497 e. The maximum Gasteiger partial charge on any atom is 0.309 e. The zero-order chi connectivity index (χ0) is 25.7. The van der Waals surface area contributed by atoms with Gasteiger partial charge in [-0.15, -0.1) is 5.10 Å². The van der Waals surface area contributed by atoms with E-state index in [-0.39, 0.29) is 30.3 Å². The SMILES string of the molecule is COc1ccc(-c2ccc(CCC(O)C(CCn3nnc4cccc(F)c4c3=O)C(=O)O)cc2)cc1. The standard InChI is InChI=1S/C27H26FN3O5/c1-36-20-12-10-19(11-13-20)18-8-5-17(6-9-18)7-14-24(32)21(27(34)35)15-16-31-26(33)25-22(28)3-2-4-23(25)29-30-31/h2-6,8-13,21,24,32H,7,14-16H2,1H3,(H,34,35). The van der Waals surface area contributed by atoms with Gasteiger partial charge in [0, 0.05) is 6.54 Å². The third kappa shape index (κ3) is 5.58. The second-order valence-corrected chi connectivity index (χ2v) is 8.52. The molecule has 0 aliphatic rings. The Morgan fingerprint density at radius 1 is 1.03 bits per heavy atom. The predicted octanol–water partition coefficient (Wildman–Crippen LogP) is 3.69. The molecule has 4 rings (SSSR count). The highest BCUT2D eigenvalue weighted by Gasteiger charge is 2.26. The number of nitrogens with zero attached hydrogens (tertiary/aromatic N) is 3. The molecule has 36 heavy (non-hydrogen) atoms. The van der Waals surface area contributed by atoms with Crippen molar-refractivity contribution < 1.29 is 24.1 Å². The summed E-state index contributed by atoms with van der Waals surface area (Å²) in [5.41, 5.74) is 2.48. The van der Waals surface area contributed by atoms with Crippen molar-refractivity contribution >= 4 is 16.9 Å². The fourth-order valence-corrected chi connectivity index (χ4v) is 4.13. The first kappa shape index (κ1) is 25.0. The third-order valence-electron chi connectivity index (χ3n) is 6.24. The van der Waals surface area contributed by atoms with E-state index in [9.17, 15) is 24.2 Å². The fourth-order valence-electron chi connectivity index (χ4n) is 4.13. The first-order valence-corrected chi connectivity index (χ1v) is 11.5. The van der Waals surface area contributed by atoms with Crippen LogP contribution in [0.15, 0.2) is 71.5 Å². The summed E-state index contributed by atoms with van der Waals surface area (Å²) in [7, 11) is 1.62. The summed E-state index contributed by atoms with van der Waals surface area (Å²) in [5, 5.41) is 27.7. The van der Waals surface area contributed by atoms with Gasteiger partial charge in [0.05, 0.1) is 19.1 Å². The van der Waals surface area contributed by atoms with Crippen molar-refractivity contribution in [3.05, 3.63) is 88.5 Å². The highest BCUT2D eigenvalue weighted by Crippen LogP contribution is 2.24. The zero-order valence-electron chi connectivity index (χ0n) is 19.7. The Morgan fingerprint density at radius 2 is 1.69 bits per heavy atom. The molecule has 3 aromatic carbocycles. The number of benzene rings is 3. The molecule has 0 fully saturated rings. The third-order valence-corrected chi connectivity index (χ3v) is 6.24. The van der Waals surface area contributed by atoms with Gasteiger partial charge in [-0.25, -0.2) is 9.07 Å². The molecule has 0 saturated heterocycles. The number of ether oxygens (including phenoxy) is 1. The van der Waals surface area contributed by atoms with Crippen LogP contribution in [0.5, 0.6) is 5.75 Å². The molecule has 0 spiro atoms. The van der Waals surface area contributed by atoms with Crippen molar-refractivity contribution in [3.63, 3.8) is 0 Å². The Labute approximate surface area is 206 Å².